The van der Waals surface area contributed by atoms with Gasteiger partial charge in [0.2, 0.25) is 0 Å². The normalized spacial score (nSPS) is 17.6. The Labute approximate surface area is 190 Å². The second-order valence-electron chi connectivity index (χ2n) is 11.8. The molecule has 0 spiro atoms. The maximum absolute atomic E-state index is 10.5. The summed E-state index contributed by atoms with van der Waals surface area (Å²) in [5, 5.41) is 10.9. The van der Waals surface area contributed by atoms with E-state index >= 15 is 0 Å². The number of aliphatic hydroxyl groups is 1. The Bertz CT molecular complexity index is 540. The Morgan fingerprint density at radius 1 is 0.867 bits per heavy atom. The van der Waals surface area contributed by atoms with Crippen LogP contribution in [0.2, 0.25) is 36.3 Å². The number of hydrogen-bond acceptors (Lipinski definition) is 3. The van der Waals surface area contributed by atoms with Crippen molar-refractivity contribution in [2.75, 3.05) is 6.61 Å². The first-order valence-electron chi connectivity index (χ1n) is 11.7. The lowest BCUT2D eigenvalue weighted by Gasteiger charge is -2.38. The molecule has 0 fully saturated rings. The van der Waals surface area contributed by atoms with Gasteiger partial charge >= 0.3 is 0 Å². The molecule has 0 amide bonds. The maximum Gasteiger partial charge on any atom is 0.192 e. The van der Waals surface area contributed by atoms with Gasteiger partial charge in [-0.3, -0.25) is 0 Å². The van der Waals surface area contributed by atoms with Crippen LogP contribution < -0.4 is 0 Å². The van der Waals surface area contributed by atoms with E-state index in [4.69, 9.17) is 8.85 Å². The van der Waals surface area contributed by atoms with Crippen molar-refractivity contribution in [3.05, 3.63) is 24.3 Å². The average molecular weight is 457 g/mol. The summed E-state index contributed by atoms with van der Waals surface area (Å²) in [4.78, 5) is 0. The molecule has 0 aromatic rings. The van der Waals surface area contributed by atoms with Gasteiger partial charge in [0.1, 0.15) is 0 Å². The third kappa shape index (κ3) is 10.4. The summed E-state index contributed by atoms with van der Waals surface area (Å²) in [5.74, 6) is 0.228. The first kappa shape index (κ1) is 29.8. The van der Waals surface area contributed by atoms with Gasteiger partial charge in [0.05, 0.1) is 12.2 Å². The maximum atomic E-state index is 10.5. The molecule has 1 N–H and O–H groups in total. The van der Waals surface area contributed by atoms with Crippen LogP contribution in [-0.2, 0) is 8.85 Å². The number of rotatable bonds is 12. The van der Waals surface area contributed by atoms with Crippen molar-refractivity contribution in [1.29, 1.82) is 0 Å². The van der Waals surface area contributed by atoms with Gasteiger partial charge < -0.3 is 14.0 Å². The van der Waals surface area contributed by atoms with Crippen LogP contribution in [0.3, 0.4) is 0 Å². The minimum atomic E-state index is -1.78. The summed E-state index contributed by atoms with van der Waals surface area (Å²) >= 11 is 0. The average Bonchev–Trinajstić information content (AvgIpc) is 2.55. The molecule has 5 heteroatoms. The van der Waals surface area contributed by atoms with E-state index in [0.717, 1.165) is 12.8 Å². The smallest absolute Gasteiger partial charge is 0.192 e. The highest BCUT2D eigenvalue weighted by Crippen LogP contribution is 2.38. The summed E-state index contributed by atoms with van der Waals surface area (Å²) in [6.07, 6.45) is 10.9. The predicted octanol–water partition coefficient (Wildman–Crippen LogP) is 7.70. The zero-order valence-corrected chi connectivity index (χ0v) is 24.1. The fourth-order valence-electron chi connectivity index (χ4n) is 2.57. The molecule has 0 rings (SSSR count). The third-order valence-corrected chi connectivity index (χ3v) is 16.1. The van der Waals surface area contributed by atoms with Crippen LogP contribution in [0.25, 0.3) is 0 Å². The zero-order valence-electron chi connectivity index (χ0n) is 22.1. The second kappa shape index (κ2) is 12.1. The van der Waals surface area contributed by atoms with Crippen molar-refractivity contribution >= 4 is 16.6 Å². The number of aliphatic hydroxyl groups excluding tert-OH is 1. The van der Waals surface area contributed by atoms with Crippen molar-refractivity contribution in [3.8, 4) is 0 Å². The highest BCUT2D eigenvalue weighted by atomic mass is 28.4. The van der Waals surface area contributed by atoms with Gasteiger partial charge in [0.15, 0.2) is 16.6 Å². The molecule has 0 aliphatic heterocycles. The molecular weight excluding hydrogens is 404 g/mol. The monoisotopic (exact) mass is 456 g/mol. The molecule has 3 atom stereocenters. The van der Waals surface area contributed by atoms with Gasteiger partial charge in [0, 0.05) is 6.61 Å². The Morgan fingerprint density at radius 3 is 1.83 bits per heavy atom. The molecule has 3 nitrogen and oxygen atoms in total. The zero-order chi connectivity index (χ0) is 23.8. The predicted molar refractivity (Wildman–Crippen MR) is 138 cm³/mol. The number of hydrogen-bond donors (Lipinski definition) is 1. The van der Waals surface area contributed by atoms with Crippen molar-refractivity contribution in [1.82, 2.24) is 0 Å². The lowest BCUT2D eigenvalue weighted by Crippen LogP contribution is -2.43. The fourth-order valence-corrected chi connectivity index (χ4v) is 4.92. The second-order valence-corrected chi connectivity index (χ2v) is 21.4. The third-order valence-electron chi connectivity index (χ3n) is 7.04. The minimum absolute atomic E-state index is 0.130. The molecule has 30 heavy (non-hydrogen) atoms. The van der Waals surface area contributed by atoms with Gasteiger partial charge in [-0.15, -0.1) is 0 Å². The molecule has 0 aliphatic rings. The molecule has 0 aromatic heterocycles. The van der Waals surface area contributed by atoms with E-state index in [-0.39, 0.29) is 28.2 Å². The summed E-state index contributed by atoms with van der Waals surface area (Å²) in [7, 11) is -3.52. The van der Waals surface area contributed by atoms with Crippen LogP contribution in [0, 0.1) is 5.92 Å². The molecule has 0 radical (unpaired) electrons. The molecule has 0 saturated carbocycles. The Balaban J connectivity index is 4.55. The van der Waals surface area contributed by atoms with Crippen molar-refractivity contribution in [3.63, 3.8) is 0 Å². The first-order valence-corrected chi connectivity index (χ1v) is 17.5. The Morgan fingerprint density at radius 2 is 1.37 bits per heavy atom. The summed E-state index contributed by atoms with van der Waals surface area (Å²) < 4.78 is 12.8. The van der Waals surface area contributed by atoms with Gasteiger partial charge in [-0.25, -0.2) is 0 Å². The van der Waals surface area contributed by atoms with E-state index in [9.17, 15) is 5.11 Å². The molecule has 0 aromatic carbocycles. The van der Waals surface area contributed by atoms with Gasteiger partial charge in [-0.05, 0) is 68.4 Å². The van der Waals surface area contributed by atoms with E-state index < -0.39 is 16.6 Å². The van der Waals surface area contributed by atoms with Gasteiger partial charge in [-0.1, -0.05) is 72.8 Å². The van der Waals surface area contributed by atoms with E-state index in [1.807, 2.05) is 0 Å². The highest BCUT2D eigenvalue weighted by Gasteiger charge is 2.38. The van der Waals surface area contributed by atoms with Crippen LogP contribution >= 0.6 is 0 Å². The molecule has 0 bridgehead atoms. The molecule has 0 aliphatic carbocycles. The largest absolute Gasteiger partial charge is 0.417 e. The lowest BCUT2D eigenvalue weighted by atomic mass is 9.98. The van der Waals surface area contributed by atoms with Crippen LogP contribution in [0.5, 0.6) is 0 Å². The molecule has 178 valence electrons. The van der Waals surface area contributed by atoms with Crippen LogP contribution in [0.4, 0.5) is 0 Å². The molecular formula is C25H52O3Si2. The molecule has 0 heterocycles. The van der Waals surface area contributed by atoms with E-state index in [1.54, 1.807) is 0 Å². The van der Waals surface area contributed by atoms with Crippen molar-refractivity contribution in [2.24, 2.45) is 5.92 Å². The minimum Gasteiger partial charge on any atom is -0.417 e. The molecule has 0 unspecified atom stereocenters. The van der Waals surface area contributed by atoms with Gasteiger partial charge in [-0.2, -0.15) is 0 Å². The lowest BCUT2D eigenvalue weighted by molar-refractivity contribution is 0.0887. The molecule has 0 saturated heterocycles. The topological polar surface area (TPSA) is 38.7 Å². The Kier molecular flexibility index (Phi) is 12.1. The van der Waals surface area contributed by atoms with Gasteiger partial charge in [0.25, 0.3) is 0 Å². The van der Waals surface area contributed by atoms with E-state index in [1.165, 1.54) is 0 Å². The fraction of sp³-hybridized carbons (Fsp3) is 0.840. The SMILES string of the molecule is C/C=C/[C@@H](C/C=C/C[C@H](C)[C@@H](O)CCO[Si](C)(C)C(C)(C)C)O[Si](C)(C)C(C)(C)C. The van der Waals surface area contributed by atoms with Crippen molar-refractivity contribution in [2.45, 2.75) is 123 Å². The van der Waals surface area contributed by atoms with E-state index in [0.29, 0.717) is 13.0 Å². The van der Waals surface area contributed by atoms with Crippen LogP contribution in [0.1, 0.15) is 74.7 Å². The summed E-state index contributed by atoms with van der Waals surface area (Å²) in [6, 6.07) is 0. The quantitative estimate of drug-likeness (QED) is 0.241. The van der Waals surface area contributed by atoms with Crippen molar-refractivity contribution < 1.29 is 14.0 Å². The Hall–Kier alpha value is -0.206. The standard InChI is InChI=1S/C25H52O3Si2/c1-13-16-22(28-30(11,12)25(6,7)8)18-15-14-17-21(2)23(26)19-20-27-29(9,10)24(3,4)5/h13-16,21-23,26H,17-20H2,1-12H3/b15-14+,16-13+/t21-,22-,23-/m0/s1. The van der Waals surface area contributed by atoms with Crippen LogP contribution in [0.15, 0.2) is 24.3 Å². The highest BCUT2D eigenvalue weighted by molar-refractivity contribution is 6.74. The van der Waals surface area contributed by atoms with E-state index in [2.05, 4.69) is 106 Å². The summed E-state index contributed by atoms with van der Waals surface area (Å²) in [5.41, 5.74) is 0. The first-order chi connectivity index (χ1) is 13.4. The number of allylic oxidation sites excluding steroid dienone is 2. The summed E-state index contributed by atoms with van der Waals surface area (Å²) in [6.45, 7) is 27.5. The van der Waals surface area contributed by atoms with Crippen LogP contribution in [-0.4, -0.2) is 40.6 Å².